The summed E-state index contributed by atoms with van der Waals surface area (Å²) in [7, 11) is -5.72. The normalized spacial score (nSPS) is 12.4. The molecule has 2 rings (SSSR count). The number of halogens is 3. The zero-order chi connectivity index (χ0) is 15.0. The Morgan fingerprint density at radius 2 is 1.80 bits per heavy atom. The van der Waals surface area contributed by atoms with Crippen LogP contribution in [0.3, 0.4) is 0 Å². The van der Waals surface area contributed by atoms with Gasteiger partial charge in [0.05, 0.1) is 5.69 Å². The highest BCUT2D eigenvalue weighted by Gasteiger charge is 2.49. The van der Waals surface area contributed by atoms with Crippen LogP contribution in [-0.2, 0) is 10.1 Å². The second-order valence-corrected chi connectivity index (χ2v) is 5.42. The Balaban J connectivity index is 2.35. The van der Waals surface area contributed by atoms with Gasteiger partial charge < -0.3 is 4.18 Å². The van der Waals surface area contributed by atoms with Gasteiger partial charge in [-0.25, -0.2) is 4.68 Å². The summed E-state index contributed by atoms with van der Waals surface area (Å²) < 4.78 is 63.8. The minimum Gasteiger partial charge on any atom is -0.353 e. The fraction of sp³-hybridized carbons (Fsp3) is 0.182. The first-order chi connectivity index (χ1) is 9.21. The van der Waals surface area contributed by atoms with Crippen molar-refractivity contribution in [2.45, 2.75) is 12.4 Å². The van der Waals surface area contributed by atoms with Crippen LogP contribution in [0.1, 0.15) is 5.56 Å². The van der Waals surface area contributed by atoms with Gasteiger partial charge in [0, 0.05) is 11.8 Å². The molecule has 0 spiro atoms. The largest absolute Gasteiger partial charge is 0.534 e. The standard InChI is InChI=1S/C11H9F3N2O3S/c1-8-7-16(9-5-3-2-4-6-9)15-10(8)19-20(17,18)11(12,13)14/h2-7H,1H3. The summed E-state index contributed by atoms with van der Waals surface area (Å²) in [4.78, 5) is 0. The molecular formula is C11H9F3N2O3S. The fourth-order valence-corrected chi connectivity index (χ4v) is 1.86. The molecule has 0 saturated carbocycles. The lowest BCUT2D eigenvalue weighted by molar-refractivity contribution is -0.0501. The average molecular weight is 306 g/mol. The molecule has 0 saturated heterocycles. The van der Waals surface area contributed by atoms with Crippen molar-refractivity contribution < 1.29 is 25.8 Å². The fourth-order valence-electron chi connectivity index (χ4n) is 1.39. The Hall–Kier alpha value is -2.03. The van der Waals surface area contributed by atoms with Crippen molar-refractivity contribution in [1.82, 2.24) is 9.78 Å². The average Bonchev–Trinajstić information content (AvgIpc) is 2.70. The van der Waals surface area contributed by atoms with Crippen LogP contribution in [0.4, 0.5) is 13.2 Å². The first-order valence-corrected chi connectivity index (χ1v) is 6.74. The highest BCUT2D eigenvalue weighted by molar-refractivity contribution is 7.87. The van der Waals surface area contributed by atoms with E-state index in [1.54, 1.807) is 30.3 Å². The van der Waals surface area contributed by atoms with E-state index in [1.807, 2.05) is 0 Å². The van der Waals surface area contributed by atoms with Gasteiger partial charge in [0.1, 0.15) is 0 Å². The van der Waals surface area contributed by atoms with E-state index in [0.717, 1.165) is 0 Å². The van der Waals surface area contributed by atoms with E-state index in [4.69, 9.17) is 0 Å². The van der Waals surface area contributed by atoms with Gasteiger partial charge in [0.25, 0.3) is 5.88 Å². The Morgan fingerprint density at radius 1 is 1.20 bits per heavy atom. The second-order valence-electron chi connectivity index (χ2n) is 3.88. The van der Waals surface area contributed by atoms with Crippen molar-refractivity contribution in [2.24, 2.45) is 0 Å². The molecule has 0 bridgehead atoms. The van der Waals surface area contributed by atoms with Crippen molar-refractivity contribution in [3.63, 3.8) is 0 Å². The van der Waals surface area contributed by atoms with E-state index in [-0.39, 0.29) is 5.56 Å². The molecule has 0 fully saturated rings. The van der Waals surface area contributed by atoms with Crippen molar-refractivity contribution in [3.05, 3.63) is 42.1 Å². The predicted molar refractivity (Wildman–Crippen MR) is 63.9 cm³/mol. The van der Waals surface area contributed by atoms with Crippen LogP contribution < -0.4 is 4.18 Å². The highest BCUT2D eigenvalue weighted by atomic mass is 32.2. The number of hydrogen-bond acceptors (Lipinski definition) is 4. The first-order valence-electron chi connectivity index (χ1n) is 5.33. The van der Waals surface area contributed by atoms with Crippen LogP contribution in [0.15, 0.2) is 36.5 Å². The van der Waals surface area contributed by atoms with E-state index in [9.17, 15) is 21.6 Å². The number of aromatic nitrogens is 2. The first kappa shape index (κ1) is 14.4. The number of aryl methyl sites for hydroxylation is 1. The number of para-hydroxylation sites is 1. The SMILES string of the molecule is Cc1cn(-c2ccccc2)nc1OS(=O)(=O)C(F)(F)F. The number of benzene rings is 1. The molecule has 0 N–H and O–H groups in total. The summed E-state index contributed by atoms with van der Waals surface area (Å²) in [6.07, 6.45) is 1.37. The zero-order valence-electron chi connectivity index (χ0n) is 10.1. The minimum absolute atomic E-state index is 0.168. The third-order valence-corrected chi connectivity index (χ3v) is 3.29. The lowest BCUT2D eigenvalue weighted by atomic mass is 10.3. The Bertz CT molecular complexity index is 708. The smallest absolute Gasteiger partial charge is 0.353 e. The highest BCUT2D eigenvalue weighted by Crippen LogP contribution is 2.28. The van der Waals surface area contributed by atoms with Crippen LogP contribution in [0, 0.1) is 6.92 Å². The molecular weight excluding hydrogens is 297 g/mol. The Labute approximate surface area is 112 Å². The van der Waals surface area contributed by atoms with E-state index >= 15 is 0 Å². The molecule has 1 aromatic heterocycles. The lowest BCUT2D eigenvalue weighted by Crippen LogP contribution is -2.28. The van der Waals surface area contributed by atoms with Crippen LogP contribution in [0.25, 0.3) is 5.69 Å². The maximum absolute atomic E-state index is 12.2. The molecule has 0 radical (unpaired) electrons. The summed E-state index contributed by atoms with van der Waals surface area (Å²) in [5.41, 5.74) is -4.76. The summed E-state index contributed by atoms with van der Waals surface area (Å²) in [6, 6.07) is 8.49. The Morgan fingerprint density at radius 3 is 2.35 bits per heavy atom. The van der Waals surface area contributed by atoms with Crippen molar-refractivity contribution >= 4 is 10.1 Å². The number of alkyl halides is 3. The van der Waals surface area contributed by atoms with Crippen LogP contribution in [0.5, 0.6) is 5.88 Å². The topological polar surface area (TPSA) is 61.2 Å². The van der Waals surface area contributed by atoms with Gasteiger partial charge in [-0.3, -0.25) is 0 Å². The molecule has 0 aliphatic carbocycles. The number of nitrogens with zero attached hydrogens (tertiary/aromatic N) is 2. The second kappa shape index (κ2) is 4.82. The molecule has 1 aromatic carbocycles. The van der Waals surface area contributed by atoms with Crippen LogP contribution in [-0.4, -0.2) is 23.7 Å². The number of hydrogen-bond donors (Lipinski definition) is 0. The van der Waals surface area contributed by atoms with Crippen molar-refractivity contribution in [3.8, 4) is 11.6 Å². The molecule has 0 aliphatic heterocycles. The lowest BCUT2D eigenvalue weighted by Gasteiger charge is -2.07. The van der Waals surface area contributed by atoms with E-state index < -0.39 is 21.5 Å². The molecule has 20 heavy (non-hydrogen) atoms. The molecule has 5 nitrogen and oxygen atoms in total. The third-order valence-electron chi connectivity index (χ3n) is 2.34. The monoisotopic (exact) mass is 306 g/mol. The molecule has 0 aliphatic rings. The molecule has 0 amide bonds. The van der Waals surface area contributed by atoms with Gasteiger partial charge in [-0.2, -0.15) is 21.6 Å². The summed E-state index contributed by atoms with van der Waals surface area (Å²) in [6.45, 7) is 1.40. The van der Waals surface area contributed by atoms with Gasteiger partial charge in [0.15, 0.2) is 0 Å². The van der Waals surface area contributed by atoms with Gasteiger partial charge >= 0.3 is 15.6 Å². The van der Waals surface area contributed by atoms with Gasteiger partial charge in [0.2, 0.25) is 0 Å². The number of rotatable bonds is 3. The van der Waals surface area contributed by atoms with Gasteiger partial charge in [-0.15, -0.1) is 5.10 Å². The minimum atomic E-state index is -5.72. The summed E-state index contributed by atoms with van der Waals surface area (Å²) >= 11 is 0. The van der Waals surface area contributed by atoms with E-state index in [2.05, 4.69) is 9.28 Å². The summed E-state index contributed by atoms with van der Waals surface area (Å²) in [5, 5.41) is 3.69. The van der Waals surface area contributed by atoms with E-state index in [1.165, 1.54) is 17.8 Å². The van der Waals surface area contributed by atoms with Crippen molar-refractivity contribution in [1.29, 1.82) is 0 Å². The van der Waals surface area contributed by atoms with Gasteiger partial charge in [-0.1, -0.05) is 18.2 Å². The zero-order valence-corrected chi connectivity index (χ0v) is 10.9. The van der Waals surface area contributed by atoms with Crippen LogP contribution >= 0.6 is 0 Å². The molecule has 2 aromatic rings. The maximum atomic E-state index is 12.2. The third kappa shape index (κ3) is 2.77. The molecule has 108 valence electrons. The maximum Gasteiger partial charge on any atom is 0.534 e. The summed E-state index contributed by atoms with van der Waals surface area (Å²) in [5.74, 6) is -0.605. The Kier molecular flexibility index (Phi) is 3.46. The van der Waals surface area contributed by atoms with Crippen molar-refractivity contribution in [2.75, 3.05) is 0 Å². The molecule has 1 heterocycles. The van der Waals surface area contributed by atoms with E-state index in [0.29, 0.717) is 5.69 Å². The quantitative estimate of drug-likeness (QED) is 0.645. The molecule has 9 heteroatoms. The van der Waals surface area contributed by atoms with Crippen LogP contribution in [0.2, 0.25) is 0 Å². The molecule has 0 unspecified atom stereocenters. The van der Waals surface area contributed by atoms with Gasteiger partial charge in [-0.05, 0) is 19.1 Å². The molecule has 0 atom stereocenters. The predicted octanol–water partition coefficient (Wildman–Crippen LogP) is 2.41.